The van der Waals surface area contributed by atoms with E-state index >= 15 is 30.7 Å². The maximum Gasteiger partial charge on any atom is 0.330 e. The van der Waals surface area contributed by atoms with Gasteiger partial charge in [-0.25, -0.2) is 53.9 Å². The predicted octanol–water partition coefficient (Wildman–Crippen LogP) is 22.8. The van der Waals surface area contributed by atoms with Crippen LogP contribution in [-0.2, 0) is 38.4 Å². The minimum Gasteiger partial charge on any atom is -0.478 e. The molecule has 0 spiro atoms. The van der Waals surface area contributed by atoms with Crippen LogP contribution in [-0.4, -0.2) is 120 Å². The van der Waals surface area contributed by atoms with Crippen LogP contribution in [0.5, 0.6) is 0 Å². The number of carbonyl (C=O) groups is 3. The molecular weight excluding hydrogens is 1530 g/mol. The molecule has 3 aliphatic heterocycles. The van der Waals surface area contributed by atoms with Gasteiger partial charge in [0, 0.05) is 126 Å². The number of benzene rings is 9. The monoisotopic (exact) mass is 1620 g/mol. The summed E-state index contributed by atoms with van der Waals surface area (Å²) in [4.78, 5) is 51.2. The number of aromatic nitrogens is 3. The fourth-order valence-electron chi connectivity index (χ4n) is 16.5. The average molecular weight is 1620 g/mol. The first-order valence-corrected chi connectivity index (χ1v) is 38.8. The molecule has 119 heavy (non-hydrogen) atoms. The fraction of sp³-hybridized carbons (Fsp3) is 0.265. The summed E-state index contributed by atoms with van der Waals surface area (Å²) in [7, 11) is 1.22. The highest BCUT2D eigenvalue weighted by atomic mass is 19.2. The van der Waals surface area contributed by atoms with E-state index in [-0.39, 0.29) is 78.6 Å². The summed E-state index contributed by atoms with van der Waals surface area (Å²) in [5.74, 6) is -7.81. The van der Waals surface area contributed by atoms with E-state index in [0.29, 0.717) is 19.3 Å². The van der Waals surface area contributed by atoms with E-state index in [1.54, 1.807) is 18.6 Å². The third-order valence-corrected chi connectivity index (χ3v) is 21.7. The molecule has 9 aromatic carbocycles. The molecule has 6 atom stereocenters. The van der Waals surface area contributed by atoms with Gasteiger partial charge in [-0.3, -0.25) is 29.7 Å². The summed E-state index contributed by atoms with van der Waals surface area (Å²) in [6.07, 6.45) is 18.8. The quantitative estimate of drug-likeness (QED) is 0.0478. The Morgan fingerprint density at radius 1 is 0.387 bits per heavy atom. The van der Waals surface area contributed by atoms with E-state index in [1.165, 1.54) is 66.9 Å². The number of ether oxygens (including phenoxy) is 1. The van der Waals surface area contributed by atoms with E-state index < -0.39 is 87.9 Å². The van der Waals surface area contributed by atoms with Crippen LogP contribution in [0.4, 0.5) is 39.5 Å². The molecule has 4 unspecified atom stereocenters. The number of alkyl halides is 3. The molecule has 0 fully saturated rings. The lowest BCUT2D eigenvalue weighted by atomic mass is 9.82. The summed E-state index contributed by atoms with van der Waals surface area (Å²) < 4.78 is 143. The van der Waals surface area contributed by atoms with Crippen molar-refractivity contribution in [2.45, 2.75) is 142 Å². The van der Waals surface area contributed by atoms with Gasteiger partial charge in [-0.15, -0.1) is 0 Å². The molecule has 0 radical (unpaired) electrons. The number of esters is 1. The Balaban J connectivity index is 0.000000163. The lowest BCUT2D eigenvalue weighted by Gasteiger charge is -2.44. The summed E-state index contributed by atoms with van der Waals surface area (Å²) in [5, 5.41) is 24.1. The van der Waals surface area contributed by atoms with Gasteiger partial charge in [-0.05, 0) is 272 Å². The Morgan fingerprint density at radius 2 is 0.639 bits per heavy atom. The second kappa shape index (κ2) is 35.7. The van der Waals surface area contributed by atoms with Crippen LogP contribution < -0.4 is 0 Å². The second-order valence-electron chi connectivity index (χ2n) is 32.5. The molecular formula is C98H93F9N6O6. The van der Waals surface area contributed by atoms with Crippen molar-refractivity contribution in [3.63, 3.8) is 0 Å². The number of carboxylic acids is 2. The van der Waals surface area contributed by atoms with E-state index in [1.807, 2.05) is 145 Å². The number of pyridine rings is 3. The van der Waals surface area contributed by atoms with E-state index in [4.69, 9.17) is 10.2 Å². The molecule has 0 aliphatic carbocycles. The molecule has 0 saturated heterocycles. The highest BCUT2D eigenvalue weighted by Crippen LogP contribution is 2.47. The lowest BCUT2D eigenvalue weighted by Crippen LogP contribution is -2.48. The molecule has 15 rings (SSSR count). The topological polar surface area (TPSA) is 149 Å². The van der Waals surface area contributed by atoms with Gasteiger partial charge in [0.15, 0.2) is 0 Å². The number of carboxylic acid groups (broad SMARTS) is 2. The first-order chi connectivity index (χ1) is 56.0. The van der Waals surface area contributed by atoms with E-state index in [0.717, 1.165) is 154 Å². The van der Waals surface area contributed by atoms with Gasteiger partial charge in [0.1, 0.15) is 51.9 Å². The Morgan fingerprint density at radius 3 is 0.891 bits per heavy atom. The highest BCUT2D eigenvalue weighted by molar-refractivity contribution is 5.90. The first-order valence-electron chi connectivity index (χ1n) is 38.8. The molecule has 6 heterocycles. The molecule has 2 N–H and O–H groups in total. The van der Waals surface area contributed by atoms with Gasteiger partial charge in [0.25, 0.3) is 0 Å². The minimum absolute atomic E-state index is 0. The summed E-state index contributed by atoms with van der Waals surface area (Å²) in [5.41, 5.74) is 6.16. The molecule has 12 aromatic rings. The molecule has 21 heteroatoms. The van der Waals surface area contributed by atoms with Crippen LogP contribution in [0.2, 0.25) is 0 Å². The zero-order valence-corrected chi connectivity index (χ0v) is 66.8. The van der Waals surface area contributed by atoms with Crippen molar-refractivity contribution in [2.75, 3.05) is 26.7 Å². The predicted molar refractivity (Wildman–Crippen MR) is 452 cm³/mol. The second-order valence-corrected chi connectivity index (χ2v) is 32.5. The van der Waals surface area contributed by atoms with Gasteiger partial charge < -0.3 is 14.9 Å². The molecule has 614 valence electrons. The van der Waals surface area contributed by atoms with Crippen molar-refractivity contribution in [3.05, 3.63) is 321 Å². The highest BCUT2D eigenvalue weighted by Gasteiger charge is 2.43. The Hall–Kier alpha value is -11.9. The van der Waals surface area contributed by atoms with Crippen LogP contribution in [0.1, 0.15) is 155 Å². The van der Waals surface area contributed by atoms with Crippen molar-refractivity contribution in [1.82, 2.24) is 29.7 Å². The molecule has 3 aromatic heterocycles. The maximum absolute atomic E-state index is 15.7. The Labute approximate surface area is 686 Å². The average Bonchev–Trinajstić information content (AvgIpc) is 0.755. The van der Waals surface area contributed by atoms with Gasteiger partial charge in [-0.1, -0.05) is 98.4 Å². The summed E-state index contributed by atoms with van der Waals surface area (Å²) in [6, 6.07) is 45.7. The normalized spacial score (nSPS) is 17.8. The number of fused-ring (bicyclic) bond motifs is 6. The molecule has 0 amide bonds. The number of carbonyl (C=O) groups excluding carboxylic acids is 1. The number of halogens is 9. The maximum atomic E-state index is 15.7. The van der Waals surface area contributed by atoms with Gasteiger partial charge in [-0.2, -0.15) is 0 Å². The van der Waals surface area contributed by atoms with E-state index in [9.17, 15) is 23.2 Å². The van der Waals surface area contributed by atoms with Gasteiger partial charge in [0.2, 0.25) is 0 Å². The number of nitrogens with zero attached hydrogens (tertiary/aromatic N) is 6. The molecule has 0 saturated carbocycles. The van der Waals surface area contributed by atoms with Crippen molar-refractivity contribution in [1.29, 1.82) is 0 Å². The van der Waals surface area contributed by atoms with E-state index in [2.05, 4.69) is 56.1 Å². The van der Waals surface area contributed by atoms with Crippen LogP contribution in [0.15, 0.2) is 219 Å². The van der Waals surface area contributed by atoms with Crippen molar-refractivity contribution in [3.8, 4) is 33.4 Å². The number of hydrogen-bond acceptors (Lipinski definition) is 10. The number of aliphatic carboxylic acids is 2. The lowest BCUT2D eigenvalue weighted by molar-refractivity contribution is -0.135. The standard InChI is InChI=1S/C33H31F3N2O2.2C32H29F3N2O2.CH4/c1-20-13-26-17-23(22-6-7-25-18-37-12-11-24(25)16-22)8-9-27(26)32(38(20)19-33(2,3)36)31-28(34)14-21(15-29(31)35)5-10-30(39)40-4;2*1-19-12-25-16-22(21-5-6-24-17-36-11-10-23(24)15-21)7-8-26(25)31(37(19)18-32(2,3)35)30-27(33)13-20(14-28(30)34)4-9-29(38)39;/h5-12,14-18,20,32H,13,19H2,1-4H3;2*4-11,13-17,19,31H,12,18H2,1-3H3,(H,38,39);1H4/b10-5+;2*9-4+;/t;19-,31+;;/m.1../s1. The van der Waals surface area contributed by atoms with Crippen LogP contribution in [0.25, 0.3) is 83.9 Å². The third kappa shape index (κ3) is 20.1. The smallest absolute Gasteiger partial charge is 0.330 e. The molecule has 3 aliphatic rings. The Bertz CT molecular complexity index is 5620. The van der Waals surface area contributed by atoms with Gasteiger partial charge in [0.05, 0.1) is 25.2 Å². The van der Waals surface area contributed by atoms with Crippen LogP contribution in [0.3, 0.4) is 0 Å². The first kappa shape index (κ1) is 86.4. The molecule has 12 nitrogen and oxygen atoms in total. The third-order valence-electron chi connectivity index (χ3n) is 21.7. The zero-order chi connectivity index (χ0) is 84.4. The number of methoxy groups -OCH3 is 1. The van der Waals surface area contributed by atoms with Crippen molar-refractivity contribution >= 4 is 68.5 Å². The SMILES string of the molecule is C.CC1Cc2cc(-c3ccc4cnccc4c3)ccc2C(c2c(F)cc(/C=C/C(=O)O)cc2F)N1CC(C)(C)F.COC(=O)/C=C/c1cc(F)c(C2c3ccc(-c4ccc5cnccc5c4)cc3CC(C)N2CC(C)(C)F)c(F)c1.C[C@@H]1Cc2cc(-c3ccc4cnccc4c3)ccc2[C@@H](c2c(F)cc(/C=C/C(=O)O)cc2F)N1CC(C)(C)F. The zero-order valence-electron chi connectivity index (χ0n) is 66.8. The van der Waals surface area contributed by atoms with Crippen molar-refractivity contribution in [2.24, 2.45) is 0 Å². The number of rotatable bonds is 18. The van der Waals surface area contributed by atoms with Crippen LogP contribution in [0, 0.1) is 34.9 Å². The largest absolute Gasteiger partial charge is 0.478 e. The van der Waals surface area contributed by atoms with Crippen LogP contribution >= 0.6 is 0 Å². The Kier molecular flexibility index (Phi) is 25.9. The van der Waals surface area contributed by atoms with Gasteiger partial charge >= 0.3 is 17.9 Å². The minimum atomic E-state index is -1.60. The summed E-state index contributed by atoms with van der Waals surface area (Å²) in [6.45, 7) is 14.6. The molecule has 0 bridgehead atoms. The number of hydrogen-bond donors (Lipinski definition) is 2. The fourth-order valence-corrected chi connectivity index (χ4v) is 16.5. The van der Waals surface area contributed by atoms with Crippen molar-refractivity contribution < 1.29 is 68.8 Å². The summed E-state index contributed by atoms with van der Waals surface area (Å²) >= 11 is 0.